The summed E-state index contributed by atoms with van der Waals surface area (Å²) in [6.45, 7) is 3.80. The lowest BCUT2D eigenvalue weighted by Gasteiger charge is -2.14. The monoisotopic (exact) mass is 496 g/mol. The minimum atomic E-state index is 0.419. The summed E-state index contributed by atoms with van der Waals surface area (Å²) in [5, 5.41) is 16.2. The number of para-hydroxylation sites is 1. The molecule has 182 valence electrons. The van der Waals surface area contributed by atoms with Gasteiger partial charge >= 0.3 is 0 Å². The molecule has 6 aromatic carbocycles. The van der Waals surface area contributed by atoms with E-state index in [0.717, 1.165) is 27.2 Å². The quantitative estimate of drug-likeness (QED) is 0.143. The first kappa shape index (κ1) is 21.8. The third kappa shape index (κ3) is 2.94. The van der Waals surface area contributed by atoms with Crippen molar-refractivity contribution in [2.45, 2.75) is 0 Å². The van der Waals surface area contributed by atoms with Gasteiger partial charge in [0, 0.05) is 16.2 Å². The molecule has 0 bridgehead atoms. The highest BCUT2D eigenvalue weighted by Crippen LogP contribution is 2.50. The maximum atomic E-state index is 8.96. The predicted octanol–water partition coefficient (Wildman–Crippen LogP) is 9.98. The van der Waals surface area contributed by atoms with Crippen molar-refractivity contribution in [2.75, 3.05) is 0 Å². The fourth-order valence-electron chi connectivity index (χ4n) is 6.57. The minimum Gasteiger partial charge on any atom is -0.294 e. The van der Waals surface area contributed by atoms with Gasteiger partial charge in [-0.05, 0) is 67.7 Å². The second kappa shape index (κ2) is 8.14. The zero-order valence-corrected chi connectivity index (χ0v) is 21.3. The van der Waals surface area contributed by atoms with Gasteiger partial charge in [-0.1, -0.05) is 116 Å². The summed E-state index contributed by atoms with van der Waals surface area (Å²) in [6, 6.07) is 39.4. The molecule has 2 heteroatoms. The van der Waals surface area contributed by atoms with E-state index in [1.807, 2.05) is 18.2 Å². The smallest absolute Gasteiger partial charge is 0.129 e. The van der Waals surface area contributed by atoms with E-state index in [1.54, 1.807) is 6.08 Å². The first-order chi connectivity index (χ1) is 19.3. The molecular formula is C37H24N2. The lowest BCUT2D eigenvalue weighted by Crippen LogP contribution is -2.07. The van der Waals surface area contributed by atoms with Crippen molar-refractivity contribution < 1.29 is 0 Å². The Morgan fingerprint density at radius 1 is 0.564 bits per heavy atom. The van der Waals surface area contributed by atoms with Crippen LogP contribution in [0, 0.1) is 5.41 Å². The van der Waals surface area contributed by atoms with Crippen LogP contribution in [0.15, 0.2) is 134 Å². The second-order valence-corrected chi connectivity index (χ2v) is 10.1. The van der Waals surface area contributed by atoms with E-state index in [-0.39, 0.29) is 0 Å². The van der Waals surface area contributed by atoms with Crippen LogP contribution >= 0.6 is 0 Å². The molecule has 1 aromatic heterocycles. The largest absolute Gasteiger partial charge is 0.294 e. The third-order valence-electron chi connectivity index (χ3n) is 8.14. The molecule has 0 atom stereocenters. The van der Waals surface area contributed by atoms with Crippen LogP contribution in [0.25, 0.3) is 76.7 Å². The first-order valence-electron chi connectivity index (χ1n) is 13.2. The first-order valence-corrected chi connectivity index (χ1v) is 13.2. The van der Waals surface area contributed by atoms with Crippen molar-refractivity contribution >= 4 is 49.2 Å². The van der Waals surface area contributed by atoms with Crippen molar-refractivity contribution in [3.63, 3.8) is 0 Å². The molecule has 1 aliphatic carbocycles. The summed E-state index contributed by atoms with van der Waals surface area (Å²) in [5.74, 6) is 0.419. The molecule has 2 nitrogen and oxygen atoms in total. The molecule has 1 heterocycles. The number of allylic oxidation sites excluding steroid dienone is 3. The number of hydrogen-bond donors (Lipinski definition) is 1. The van der Waals surface area contributed by atoms with Gasteiger partial charge in [-0.3, -0.25) is 9.98 Å². The van der Waals surface area contributed by atoms with Crippen LogP contribution in [0.4, 0.5) is 0 Å². The molecule has 7 aromatic rings. The summed E-state index contributed by atoms with van der Waals surface area (Å²) in [6.07, 6.45) is 5.35. The predicted molar refractivity (Wildman–Crippen MR) is 167 cm³/mol. The Balaban J connectivity index is 1.51. The van der Waals surface area contributed by atoms with E-state index >= 15 is 0 Å². The van der Waals surface area contributed by atoms with Gasteiger partial charge in [-0.2, -0.15) is 0 Å². The number of nitrogens with one attached hydrogen (secondary N) is 1. The van der Waals surface area contributed by atoms with Crippen molar-refractivity contribution in [1.82, 2.24) is 4.57 Å². The Labute approximate surface area is 226 Å². The Bertz CT molecular complexity index is 2180. The fraction of sp³-hybridized carbons (Fsp3) is 0. The highest BCUT2D eigenvalue weighted by atomic mass is 15.0. The van der Waals surface area contributed by atoms with Crippen LogP contribution in [0.3, 0.4) is 0 Å². The number of hydrogen-bond acceptors (Lipinski definition) is 1. The van der Waals surface area contributed by atoms with Gasteiger partial charge in [0.2, 0.25) is 0 Å². The second-order valence-electron chi connectivity index (χ2n) is 10.1. The lowest BCUT2D eigenvalue weighted by molar-refractivity contribution is 1.25. The van der Waals surface area contributed by atoms with Crippen LogP contribution in [0.5, 0.6) is 0 Å². The van der Waals surface area contributed by atoms with E-state index in [1.165, 1.54) is 49.5 Å². The molecular weight excluding hydrogens is 472 g/mol. The summed E-state index contributed by atoms with van der Waals surface area (Å²) in [7, 11) is 0. The van der Waals surface area contributed by atoms with Crippen LogP contribution < -0.4 is 0 Å². The summed E-state index contributed by atoms with van der Waals surface area (Å²) in [4.78, 5) is 0. The molecule has 0 fully saturated rings. The average Bonchev–Trinajstić information content (AvgIpc) is 3.50. The highest BCUT2D eigenvalue weighted by Gasteiger charge is 2.24. The molecule has 0 unspecified atom stereocenters. The highest BCUT2D eigenvalue weighted by molar-refractivity contribution is 6.27. The van der Waals surface area contributed by atoms with E-state index in [9.17, 15) is 0 Å². The van der Waals surface area contributed by atoms with Gasteiger partial charge in [-0.15, -0.1) is 0 Å². The zero-order chi connectivity index (χ0) is 26.1. The van der Waals surface area contributed by atoms with Crippen molar-refractivity contribution in [3.05, 3.63) is 134 Å². The molecule has 1 aliphatic rings. The standard InChI is InChI=1S/C37H24N2/c1-2-3-19-35(38)39-34-18-9-8-14-27(34)33-22-32(25-13-6-7-15-31(25)37(33)39)26-20-21-30-24-12-5-4-11-23(24)28-16-10-17-29(26)36(28)30/h2-22,38H,1H2/b19-3-,38-35?. The number of rotatable bonds is 3. The maximum Gasteiger partial charge on any atom is 0.129 e. The van der Waals surface area contributed by atoms with Gasteiger partial charge in [0.15, 0.2) is 0 Å². The maximum absolute atomic E-state index is 8.96. The van der Waals surface area contributed by atoms with Crippen molar-refractivity contribution in [1.29, 1.82) is 5.41 Å². The third-order valence-corrected chi connectivity index (χ3v) is 8.14. The minimum absolute atomic E-state index is 0.419. The molecule has 0 amide bonds. The van der Waals surface area contributed by atoms with Gasteiger partial charge in [-0.25, -0.2) is 0 Å². The molecule has 0 aliphatic heterocycles. The van der Waals surface area contributed by atoms with E-state index < -0.39 is 0 Å². The van der Waals surface area contributed by atoms with Crippen molar-refractivity contribution in [3.8, 4) is 33.4 Å². The van der Waals surface area contributed by atoms with Crippen LogP contribution in [-0.4, -0.2) is 10.4 Å². The van der Waals surface area contributed by atoms with Gasteiger partial charge in [0.25, 0.3) is 0 Å². The Kier molecular flexibility index (Phi) is 4.56. The van der Waals surface area contributed by atoms with Gasteiger partial charge in [0.1, 0.15) is 5.84 Å². The normalized spacial score (nSPS) is 12.2. The fourth-order valence-corrected chi connectivity index (χ4v) is 6.57. The number of nitrogens with zero attached hydrogens (tertiary/aromatic N) is 1. The molecule has 0 spiro atoms. The number of fused-ring (bicyclic) bond motifs is 8. The van der Waals surface area contributed by atoms with Crippen LogP contribution in [-0.2, 0) is 0 Å². The van der Waals surface area contributed by atoms with E-state index in [0.29, 0.717) is 5.84 Å². The lowest BCUT2D eigenvalue weighted by atomic mass is 9.90. The van der Waals surface area contributed by atoms with E-state index in [4.69, 9.17) is 5.41 Å². The Morgan fingerprint density at radius 3 is 1.97 bits per heavy atom. The summed E-state index contributed by atoms with van der Waals surface area (Å²) in [5.41, 5.74) is 9.79. The SMILES string of the molecule is C=C/C=C\C(=N)n1c2ccccc2c2cc(-c3ccc4c5c(cccc35)-c3ccccc3-4)c3ccccc3c21. The zero-order valence-electron chi connectivity index (χ0n) is 21.3. The molecule has 0 radical (unpaired) electrons. The van der Waals surface area contributed by atoms with E-state index in [2.05, 4.69) is 114 Å². The van der Waals surface area contributed by atoms with Gasteiger partial charge in [0.05, 0.1) is 11.0 Å². The Hall–Kier alpha value is -5.21. The molecule has 8 rings (SSSR count). The topological polar surface area (TPSA) is 28.8 Å². The molecule has 0 saturated carbocycles. The van der Waals surface area contributed by atoms with Crippen LogP contribution in [0.2, 0.25) is 0 Å². The number of aromatic nitrogens is 1. The molecule has 39 heavy (non-hydrogen) atoms. The van der Waals surface area contributed by atoms with Gasteiger partial charge < -0.3 is 0 Å². The summed E-state index contributed by atoms with van der Waals surface area (Å²) < 4.78 is 2.07. The molecule has 0 saturated heterocycles. The number of benzene rings is 6. The van der Waals surface area contributed by atoms with Crippen LogP contribution in [0.1, 0.15) is 0 Å². The van der Waals surface area contributed by atoms with Crippen molar-refractivity contribution in [2.24, 2.45) is 0 Å². The Morgan fingerprint density at radius 2 is 1.18 bits per heavy atom. The molecule has 1 N–H and O–H groups in total. The average molecular weight is 497 g/mol. The summed E-state index contributed by atoms with van der Waals surface area (Å²) >= 11 is 0.